The minimum atomic E-state index is -1.73. The molecule has 0 bridgehead atoms. The van der Waals surface area contributed by atoms with Crippen LogP contribution in [0.2, 0.25) is 0 Å². The molecule has 0 saturated carbocycles. The Morgan fingerprint density at radius 3 is 2.20 bits per heavy atom. The van der Waals surface area contributed by atoms with Gasteiger partial charge >= 0.3 is 11.9 Å². The first-order valence-corrected chi connectivity index (χ1v) is 12.7. The highest BCUT2D eigenvalue weighted by atomic mass is 16.6. The number of nitrogens with two attached hydrogens (primary N) is 1. The summed E-state index contributed by atoms with van der Waals surface area (Å²) in [6.07, 6.45) is -0.132. The molecule has 0 heterocycles. The maximum Gasteiger partial charge on any atom is 0.345 e. The summed E-state index contributed by atoms with van der Waals surface area (Å²) in [4.78, 5) is 36.8. The summed E-state index contributed by atoms with van der Waals surface area (Å²) in [6, 6.07) is 21.2. The smallest absolute Gasteiger partial charge is 0.345 e. The van der Waals surface area contributed by atoms with E-state index in [9.17, 15) is 24.8 Å². The van der Waals surface area contributed by atoms with E-state index >= 15 is 0 Å². The number of carbonyl (C=O) groups excluding carboxylic acids is 2. The van der Waals surface area contributed by atoms with E-state index in [0.717, 1.165) is 5.56 Å². The van der Waals surface area contributed by atoms with Gasteiger partial charge in [0.1, 0.15) is 35.5 Å². The number of para-hydroxylation sites is 1. The molecule has 3 N–H and O–H groups in total. The fourth-order valence-electron chi connectivity index (χ4n) is 3.94. The number of nitrogens with zero attached hydrogens (tertiary/aromatic N) is 1. The molecule has 3 rings (SSSR count). The maximum absolute atomic E-state index is 13.3. The van der Waals surface area contributed by atoms with Crippen molar-refractivity contribution in [2.75, 3.05) is 13.2 Å². The Morgan fingerprint density at radius 2 is 1.60 bits per heavy atom. The molecule has 10 heteroatoms. The van der Waals surface area contributed by atoms with Crippen molar-refractivity contribution in [3.8, 4) is 5.75 Å². The highest BCUT2D eigenvalue weighted by Gasteiger charge is 2.44. The molecule has 0 spiro atoms. The molecule has 0 aliphatic heterocycles. The van der Waals surface area contributed by atoms with Crippen LogP contribution in [0.4, 0.5) is 5.69 Å². The first-order chi connectivity index (χ1) is 18.9. The average Bonchev–Trinajstić information content (AvgIpc) is 2.93. The number of aliphatic hydroxyl groups excluding tert-OH is 1. The van der Waals surface area contributed by atoms with Crippen molar-refractivity contribution in [1.82, 2.24) is 0 Å². The summed E-state index contributed by atoms with van der Waals surface area (Å²) in [5.74, 6) is -1.20. The van der Waals surface area contributed by atoms with E-state index in [0.29, 0.717) is 17.9 Å². The van der Waals surface area contributed by atoms with Crippen molar-refractivity contribution in [2.24, 2.45) is 11.1 Å². The Bertz CT molecular complexity index is 1310. The maximum atomic E-state index is 13.3. The Kier molecular flexibility index (Phi) is 9.98. The van der Waals surface area contributed by atoms with Gasteiger partial charge in [-0.05, 0) is 56.5 Å². The molecule has 0 saturated heterocycles. The third kappa shape index (κ3) is 8.11. The van der Waals surface area contributed by atoms with Gasteiger partial charge in [0.25, 0.3) is 5.69 Å². The zero-order valence-electron chi connectivity index (χ0n) is 22.7. The van der Waals surface area contributed by atoms with Crippen LogP contribution >= 0.6 is 0 Å². The summed E-state index contributed by atoms with van der Waals surface area (Å²) in [6.45, 7) is 4.05. The molecular formula is C30H34N2O8. The molecule has 212 valence electrons. The van der Waals surface area contributed by atoms with Crippen molar-refractivity contribution in [1.29, 1.82) is 0 Å². The van der Waals surface area contributed by atoms with Crippen LogP contribution in [-0.4, -0.2) is 40.8 Å². The van der Waals surface area contributed by atoms with Gasteiger partial charge in [0.05, 0.1) is 11.5 Å². The summed E-state index contributed by atoms with van der Waals surface area (Å²) < 4.78 is 16.7. The predicted molar refractivity (Wildman–Crippen MR) is 148 cm³/mol. The van der Waals surface area contributed by atoms with Gasteiger partial charge in [-0.3, -0.25) is 14.9 Å². The van der Waals surface area contributed by atoms with Crippen LogP contribution in [-0.2, 0) is 20.9 Å². The largest absolute Gasteiger partial charge is 0.489 e. The van der Waals surface area contributed by atoms with Crippen molar-refractivity contribution in [3.05, 3.63) is 106 Å². The molecule has 0 aliphatic carbocycles. The lowest BCUT2D eigenvalue weighted by molar-refractivity contribution is -0.385. The molecule has 0 aromatic heterocycles. The minimum absolute atomic E-state index is 0.132. The van der Waals surface area contributed by atoms with Crippen LogP contribution in [0.25, 0.3) is 0 Å². The van der Waals surface area contributed by atoms with Crippen LogP contribution in [0.5, 0.6) is 5.75 Å². The van der Waals surface area contributed by atoms with Crippen molar-refractivity contribution < 1.29 is 33.8 Å². The van der Waals surface area contributed by atoms with E-state index in [-0.39, 0.29) is 12.0 Å². The van der Waals surface area contributed by atoms with Crippen LogP contribution in [0.15, 0.2) is 78.9 Å². The molecule has 0 aliphatic rings. The Labute approximate surface area is 232 Å². The number of hydrogen-bond acceptors (Lipinski definition) is 9. The summed E-state index contributed by atoms with van der Waals surface area (Å²) >= 11 is 0. The second kappa shape index (κ2) is 13.2. The van der Waals surface area contributed by atoms with Gasteiger partial charge in [0.15, 0.2) is 0 Å². The zero-order chi connectivity index (χ0) is 29.3. The van der Waals surface area contributed by atoms with Crippen molar-refractivity contribution in [2.45, 2.75) is 45.4 Å². The van der Waals surface area contributed by atoms with Gasteiger partial charge in [-0.1, -0.05) is 54.6 Å². The van der Waals surface area contributed by atoms with E-state index in [1.165, 1.54) is 24.3 Å². The van der Waals surface area contributed by atoms with Gasteiger partial charge in [0.2, 0.25) is 0 Å². The lowest BCUT2D eigenvalue weighted by Gasteiger charge is -2.34. The SMILES string of the molecule is CC(C)(C)OC(=O)C(CO)(COC(=O)c1ccccc1[N+](=O)[O-])CC(N)c1ccc(OCc2ccccc2)cc1. The molecule has 0 radical (unpaired) electrons. The number of benzene rings is 3. The summed E-state index contributed by atoms with van der Waals surface area (Å²) in [5, 5.41) is 21.8. The number of esters is 2. The first kappa shape index (κ1) is 30.3. The number of nitro groups is 1. The fourth-order valence-corrected chi connectivity index (χ4v) is 3.94. The average molecular weight is 551 g/mol. The Morgan fingerprint density at radius 1 is 0.975 bits per heavy atom. The van der Waals surface area contributed by atoms with Crippen LogP contribution in [0.3, 0.4) is 0 Å². The monoisotopic (exact) mass is 550 g/mol. The van der Waals surface area contributed by atoms with E-state index < -0.39 is 52.8 Å². The quantitative estimate of drug-likeness (QED) is 0.185. The lowest BCUT2D eigenvalue weighted by Crippen LogP contribution is -2.46. The van der Waals surface area contributed by atoms with Crippen LogP contribution in [0, 0.1) is 15.5 Å². The standard InChI is InChI=1S/C30H34N2O8/c1-29(2,3)40-28(35)30(19-33,20-39-27(34)24-11-7-8-12-26(24)32(36)37)17-25(31)22-13-15-23(16-14-22)38-18-21-9-5-4-6-10-21/h4-16,25,33H,17-20,31H2,1-3H3. The lowest BCUT2D eigenvalue weighted by atomic mass is 9.81. The molecule has 0 fully saturated rings. The minimum Gasteiger partial charge on any atom is -0.489 e. The van der Waals surface area contributed by atoms with Crippen LogP contribution in [0.1, 0.15) is 54.7 Å². The number of carbonyl (C=O) groups is 2. The molecule has 0 amide bonds. The number of nitro benzene ring substituents is 1. The number of hydrogen-bond donors (Lipinski definition) is 2. The van der Waals surface area contributed by atoms with E-state index in [1.807, 2.05) is 30.3 Å². The molecule has 3 aromatic rings. The fraction of sp³-hybridized carbons (Fsp3) is 0.333. The molecule has 2 atom stereocenters. The first-order valence-electron chi connectivity index (χ1n) is 12.7. The van der Waals surface area contributed by atoms with Gasteiger partial charge in [-0.25, -0.2) is 4.79 Å². The molecular weight excluding hydrogens is 516 g/mol. The second-order valence-electron chi connectivity index (χ2n) is 10.4. The summed E-state index contributed by atoms with van der Waals surface area (Å²) in [7, 11) is 0. The number of ether oxygens (including phenoxy) is 3. The number of rotatable bonds is 12. The third-order valence-electron chi connectivity index (χ3n) is 6.10. The van der Waals surface area contributed by atoms with E-state index in [2.05, 4.69) is 0 Å². The predicted octanol–water partition coefficient (Wildman–Crippen LogP) is 4.74. The molecule has 40 heavy (non-hydrogen) atoms. The molecule has 3 aromatic carbocycles. The molecule has 2 unspecified atom stereocenters. The van der Waals surface area contributed by atoms with E-state index in [4.69, 9.17) is 19.9 Å². The normalized spacial score (nSPS) is 13.5. The zero-order valence-corrected chi connectivity index (χ0v) is 22.7. The summed E-state index contributed by atoms with van der Waals surface area (Å²) in [5.41, 5.74) is 4.79. The van der Waals surface area contributed by atoms with Gasteiger partial charge in [0, 0.05) is 12.1 Å². The highest BCUT2D eigenvalue weighted by Crippen LogP contribution is 2.34. The van der Waals surface area contributed by atoms with Crippen molar-refractivity contribution in [3.63, 3.8) is 0 Å². The van der Waals surface area contributed by atoms with Crippen molar-refractivity contribution >= 4 is 17.6 Å². The van der Waals surface area contributed by atoms with Gasteiger partial charge in [-0.15, -0.1) is 0 Å². The number of aliphatic hydroxyl groups is 1. The van der Waals surface area contributed by atoms with E-state index in [1.54, 1.807) is 45.0 Å². The van der Waals surface area contributed by atoms with Crippen LogP contribution < -0.4 is 10.5 Å². The van der Waals surface area contributed by atoms with Gasteiger partial charge < -0.3 is 25.1 Å². The Hall–Kier alpha value is -4.28. The topological polar surface area (TPSA) is 151 Å². The highest BCUT2D eigenvalue weighted by molar-refractivity contribution is 5.94. The molecule has 10 nitrogen and oxygen atoms in total. The Balaban J connectivity index is 1.78. The third-order valence-corrected chi connectivity index (χ3v) is 6.10. The second-order valence-corrected chi connectivity index (χ2v) is 10.4. The van der Waals surface area contributed by atoms with Gasteiger partial charge in [-0.2, -0.15) is 0 Å².